The lowest BCUT2D eigenvalue weighted by Crippen LogP contribution is -2.40. The second-order valence-corrected chi connectivity index (χ2v) is 11.8. The number of halogens is 1. The van der Waals surface area contributed by atoms with Crippen molar-refractivity contribution in [1.29, 1.82) is 0 Å². The van der Waals surface area contributed by atoms with Gasteiger partial charge in [0.1, 0.15) is 11.9 Å². The second-order valence-electron chi connectivity index (χ2n) is 9.15. The van der Waals surface area contributed by atoms with Gasteiger partial charge < -0.3 is 10.6 Å². The molecule has 3 aliphatic rings. The summed E-state index contributed by atoms with van der Waals surface area (Å²) in [5.74, 6) is 5.22. The molecule has 32 heavy (non-hydrogen) atoms. The van der Waals surface area contributed by atoms with Gasteiger partial charge in [0.2, 0.25) is 0 Å². The fraction of sp³-hybridized carbons (Fsp3) is 0.346. The van der Waals surface area contributed by atoms with E-state index >= 15 is 0 Å². The first-order chi connectivity index (χ1) is 15.4. The smallest absolute Gasteiger partial charge is 0.127 e. The number of hydrogen-bond donors (Lipinski definition) is 2. The average molecular weight is 452 g/mol. The number of nitrogens with one attached hydrogen (secondary N) is 2. The van der Waals surface area contributed by atoms with Crippen molar-refractivity contribution >= 4 is 26.8 Å². The van der Waals surface area contributed by atoms with E-state index in [1.54, 1.807) is 12.3 Å². The third kappa shape index (κ3) is 4.21. The molecule has 1 saturated heterocycles. The van der Waals surface area contributed by atoms with Crippen molar-refractivity contribution in [2.24, 2.45) is 0 Å². The number of hydrogen-bond acceptors (Lipinski definition) is 4. The number of rotatable bonds is 4. The minimum absolute atomic E-state index is 0.178. The molecule has 3 heterocycles. The van der Waals surface area contributed by atoms with Crippen molar-refractivity contribution in [3.8, 4) is 0 Å². The first-order valence-corrected chi connectivity index (χ1v) is 13.3. The number of allylic oxidation sites excluding steroid dienone is 2. The monoisotopic (exact) mass is 451 g/mol. The van der Waals surface area contributed by atoms with E-state index in [1.165, 1.54) is 17.2 Å². The number of fused-ring (bicyclic) bond motifs is 1. The zero-order valence-corrected chi connectivity index (χ0v) is 19.3. The minimum atomic E-state index is -1.89. The second kappa shape index (κ2) is 8.41. The highest BCUT2D eigenvalue weighted by Crippen LogP contribution is 2.34. The third-order valence-electron chi connectivity index (χ3n) is 6.89. The molecular formula is C26H30FN3OS. The molecule has 0 bridgehead atoms. The maximum Gasteiger partial charge on any atom is 0.127 e. The Morgan fingerprint density at radius 2 is 2.16 bits per heavy atom. The predicted octanol–water partition coefficient (Wildman–Crippen LogP) is 4.60. The van der Waals surface area contributed by atoms with Gasteiger partial charge in [-0.1, -0.05) is 18.2 Å². The van der Waals surface area contributed by atoms with Crippen LogP contribution in [0.3, 0.4) is 0 Å². The van der Waals surface area contributed by atoms with Gasteiger partial charge in [-0.25, -0.2) is 4.39 Å². The molecule has 6 heteroatoms. The molecule has 2 N–H and O–H groups in total. The van der Waals surface area contributed by atoms with Gasteiger partial charge >= 0.3 is 0 Å². The number of anilines is 2. The Balaban J connectivity index is 1.37. The molecule has 0 radical (unpaired) electrons. The van der Waals surface area contributed by atoms with Crippen LogP contribution in [0.15, 0.2) is 60.6 Å². The van der Waals surface area contributed by atoms with Crippen molar-refractivity contribution in [3.63, 3.8) is 0 Å². The first-order valence-electron chi connectivity index (χ1n) is 11.2. The van der Waals surface area contributed by atoms with Crippen LogP contribution < -0.4 is 10.6 Å². The van der Waals surface area contributed by atoms with Crippen LogP contribution >= 0.6 is 0 Å². The quantitative estimate of drug-likeness (QED) is 0.667. The Labute approximate surface area is 190 Å². The zero-order chi connectivity index (χ0) is 22.3. The van der Waals surface area contributed by atoms with E-state index in [9.17, 15) is 8.60 Å². The molecule has 2 unspecified atom stereocenters. The van der Waals surface area contributed by atoms with Crippen molar-refractivity contribution < 1.29 is 8.60 Å². The molecule has 0 aromatic heterocycles. The molecule has 0 aliphatic carbocycles. The molecule has 0 spiro atoms. The van der Waals surface area contributed by atoms with Crippen LogP contribution in [0.4, 0.5) is 15.8 Å². The zero-order valence-electron chi connectivity index (χ0n) is 18.4. The Bertz CT molecular complexity index is 1200. The standard InChI is InChI=1S/C26H30FN3OS/c1-18-8-9-20(15-23(18)26-24(27)6-4-12-28-26)29-25-7-3-5-19-16-30(13-10-22(19)25)21-11-14-32(2,31)17-21/h3-9,12,15,21,26,28-29H,2,10-11,13-14,16-17H2,1H3/t21-,26?,32?/m1/s1. The van der Waals surface area contributed by atoms with E-state index < -0.39 is 15.6 Å². The number of nitrogens with zero attached hydrogens (tertiary/aromatic N) is 1. The summed E-state index contributed by atoms with van der Waals surface area (Å²) in [5.41, 5.74) is 6.71. The van der Waals surface area contributed by atoms with Gasteiger partial charge in [-0.15, -0.1) is 0 Å². The maximum absolute atomic E-state index is 14.4. The van der Waals surface area contributed by atoms with E-state index in [0.29, 0.717) is 6.04 Å². The molecule has 3 atom stereocenters. The number of aryl methyl sites for hydroxylation is 1. The van der Waals surface area contributed by atoms with Gasteiger partial charge in [-0.05, 0) is 94.0 Å². The van der Waals surface area contributed by atoms with Gasteiger partial charge in [-0.3, -0.25) is 9.11 Å². The van der Waals surface area contributed by atoms with E-state index in [2.05, 4.69) is 45.7 Å². The van der Waals surface area contributed by atoms with Crippen LogP contribution in [0, 0.1) is 6.92 Å². The summed E-state index contributed by atoms with van der Waals surface area (Å²) in [6, 6.07) is 12.5. The normalized spacial score (nSPS) is 27.5. The van der Waals surface area contributed by atoms with Crippen molar-refractivity contribution in [2.75, 3.05) is 23.4 Å². The summed E-state index contributed by atoms with van der Waals surface area (Å²) in [5, 5.41) is 6.71. The minimum Gasteiger partial charge on any atom is -0.378 e. The predicted molar refractivity (Wildman–Crippen MR) is 133 cm³/mol. The summed E-state index contributed by atoms with van der Waals surface area (Å²) < 4.78 is 26.8. The fourth-order valence-corrected chi connectivity index (χ4v) is 7.05. The van der Waals surface area contributed by atoms with Crippen molar-refractivity contribution in [1.82, 2.24) is 10.2 Å². The average Bonchev–Trinajstić information content (AvgIpc) is 3.15. The summed E-state index contributed by atoms with van der Waals surface area (Å²) in [6.45, 7) is 3.87. The van der Waals surface area contributed by atoms with Gasteiger partial charge in [0.05, 0.1) is 0 Å². The molecule has 168 valence electrons. The summed E-state index contributed by atoms with van der Waals surface area (Å²) in [7, 11) is -1.89. The van der Waals surface area contributed by atoms with Crippen LogP contribution in [0.2, 0.25) is 0 Å². The highest BCUT2D eigenvalue weighted by molar-refractivity contribution is 8.00. The van der Waals surface area contributed by atoms with Gasteiger partial charge in [0, 0.05) is 42.0 Å². The molecule has 5 rings (SSSR count). The largest absolute Gasteiger partial charge is 0.378 e. The first kappa shape index (κ1) is 21.3. The Morgan fingerprint density at radius 3 is 2.94 bits per heavy atom. The summed E-state index contributed by atoms with van der Waals surface area (Å²) >= 11 is 0. The van der Waals surface area contributed by atoms with Crippen molar-refractivity contribution in [3.05, 3.63) is 82.8 Å². The van der Waals surface area contributed by atoms with Gasteiger partial charge in [0.15, 0.2) is 0 Å². The van der Waals surface area contributed by atoms with E-state index in [4.69, 9.17) is 0 Å². The van der Waals surface area contributed by atoms with E-state index in [1.807, 2.05) is 19.1 Å². The Morgan fingerprint density at radius 1 is 1.28 bits per heavy atom. The lowest BCUT2D eigenvalue weighted by Gasteiger charge is -2.34. The third-order valence-corrected chi connectivity index (χ3v) is 8.86. The fourth-order valence-electron chi connectivity index (χ4n) is 5.11. The molecule has 3 aliphatic heterocycles. The molecule has 0 amide bonds. The van der Waals surface area contributed by atoms with Crippen LogP contribution in [-0.2, 0) is 22.5 Å². The van der Waals surface area contributed by atoms with Crippen LogP contribution in [0.1, 0.15) is 34.7 Å². The Kier molecular flexibility index (Phi) is 5.59. The number of dihydropyridines is 1. The highest BCUT2D eigenvalue weighted by atomic mass is 32.2. The summed E-state index contributed by atoms with van der Waals surface area (Å²) in [6.07, 6.45) is 6.92. The van der Waals surface area contributed by atoms with Gasteiger partial charge in [0.25, 0.3) is 0 Å². The molecular weight excluding hydrogens is 421 g/mol. The molecule has 2 aromatic rings. The highest BCUT2D eigenvalue weighted by Gasteiger charge is 2.31. The maximum atomic E-state index is 14.4. The molecule has 1 fully saturated rings. The molecule has 2 aromatic carbocycles. The van der Waals surface area contributed by atoms with Crippen LogP contribution in [-0.4, -0.2) is 39.1 Å². The SMILES string of the molecule is C=S1(=O)CC[C@@H](N2CCc3c(cccc3Nc3ccc(C)c(C4NC=CC=C4F)c3)C2)C1. The van der Waals surface area contributed by atoms with Crippen LogP contribution in [0.25, 0.3) is 0 Å². The molecule has 0 saturated carbocycles. The van der Waals surface area contributed by atoms with Gasteiger partial charge in [-0.2, -0.15) is 0 Å². The van der Waals surface area contributed by atoms with E-state index in [0.717, 1.165) is 59.9 Å². The lowest BCUT2D eigenvalue weighted by molar-refractivity contribution is 0.195. The Hall–Kier alpha value is -2.57. The van der Waals surface area contributed by atoms with Crippen LogP contribution in [0.5, 0.6) is 0 Å². The van der Waals surface area contributed by atoms with Crippen molar-refractivity contribution in [2.45, 2.75) is 38.4 Å². The lowest BCUT2D eigenvalue weighted by atomic mass is 9.95. The van der Waals surface area contributed by atoms with E-state index in [-0.39, 0.29) is 5.83 Å². The topological polar surface area (TPSA) is 44.4 Å². The number of benzene rings is 2. The molecule has 4 nitrogen and oxygen atoms in total. The summed E-state index contributed by atoms with van der Waals surface area (Å²) in [4.78, 5) is 2.48.